The van der Waals surface area contributed by atoms with E-state index in [-0.39, 0.29) is 29.2 Å². The molecular weight excluding hydrogens is 206 g/mol. The number of carbonyl (C=O) groups excluding carboxylic acids is 2. The van der Waals surface area contributed by atoms with Gasteiger partial charge in [-0.1, -0.05) is 0 Å². The third kappa shape index (κ3) is 5060. The molecule has 0 saturated heterocycles. The summed E-state index contributed by atoms with van der Waals surface area (Å²) in [6.07, 6.45) is 0. The van der Waals surface area contributed by atoms with E-state index in [4.69, 9.17) is 19.8 Å². The van der Waals surface area contributed by atoms with Gasteiger partial charge in [-0.25, -0.2) is 0 Å². The van der Waals surface area contributed by atoms with Crippen LogP contribution in [0.15, 0.2) is 0 Å². The Bertz CT molecular complexity index is 75.3. The first kappa shape index (κ1) is 22.6. The van der Waals surface area contributed by atoms with E-state index >= 15 is 0 Å². The summed E-state index contributed by atoms with van der Waals surface area (Å²) < 4.78 is 0. The molecule has 0 aromatic rings. The number of hydrogen-bond donors (Lipinski definition) is 0. The van der Waals surface area contributed by atoms with Gasteiger partial charge in [0.2, 0.25) is 0 Å². The average molecular weight is 213 g/mol. The standard InChI is InChI=1S/2C2H4O2.ClH.Co/c2*1-2(3)4;;/h2*1H3,(H,3,4);1H;/q;;;+2/p-2. The molecule has 0 amide bonds. The smallest absolute Gasteiger partial charge is 0.550 e. The van der Waals surface area contributed by atoms with Gasteiger partial charge in [-0.05, 0) is 13.8 Å². The number of carboxylic acids is 2. The van der Waals surface area contributed by atoms with Gasteiger partial charge in [0.25, 0.3) is 0 Å². The van der Waals surface area contributed by atoms with E-state index in [9.17, 15) is 0 Å². The Labute approximate surface area is 75.2 Å². The van der Waals surface area contributed by atoms with Crippen LogP contribution in [0.5, 0.6) is 0 Å². The van der Waals surface area contributed by atoms with Crippen molar-refractivity contribution in [2.45, 2.75) is 13.8 Å². The van der Waals surface area contributed by atoms with E-state index in [1.54, 1.807) is 0 Å². The van der Waals surface area contributed by atoms with Crippen molar-refractivity contribution in [3.8, 4) is 0 Å². The van der Waals surface area contributed by atoms with Crippen molar-refractivity contribution in [2.24, 2.45) is 0 Å². The molecule has 0 aromatic carbocycles. The maximum Gasteiger partial charge on any atom is 2.00 e. The number of carbonyl (C=O) groups is 2. The van der Waals surface area contributed by atoms with Crippen LogP contribution in [0.3, 0.4) is 0 Å². The molecule has 0 unspecified atom stereocenters. The van der Waals surface area contributed by atoms with Crippen LogP contribution in [0.2, 0.25) is 0 Å². The van der Waals surface area contributed by atoms with Crippen molar-refractivity contribution in [1.29, 1.82) is 0 Å². The first-order valence-electron chi connectivity index (χ1n) is 1.82. The molecule has 0 heterocycles. The molecule has 0 fully saturated rings. The second-order valence-corrected chi connectivity index (χ2v) is 0.983. The van der Waals surface area contributed by atoms with Crippen molar-refractivity contribution >= 4 is 24.3 Å². The van der Waals surface area contributed by atoms with Gasteiger partial charge < -0.3 is 19.8 Å². The fourth-order valence-electron chi connectivity index (χ4n) is 0. The molecule has 0 spiro atoms. The molecule has 63 valence electrons. The van der Waals surface area contributed by atoms with Gasteiger partial charge in [0.1, 0.15) is 0 Å². The van der Waals surface area contributed by atoms with Crippen LogP contribution in [0, 0.1) is 0 Å². The average Bonchev–Trinajstić information content (AvgIpc) is 1.25. The van der Waals surface area contributed by atoms with Gasteiger partial charge in [0, 0.05) is 11.9 Å². The third-order valence-corrected chi connectivity index (χ3v) is 0. The number of aliphatic carboxylic acids is 2. The van der Waals surface area contributed by atoms with E-state index < -0.39 is 11.9 Å². The summed E-state index contributed by atoms with van der Waals surface area (Å²) >= 11 is 0. The van der Waals surface area contributed by atoms with Crippen LogP contribution in [-0.4, -0.2) is 11.9 Å². The van der Waals surface area contributed by atoms with Crippen molar-refractivity contribution in [3.63, 3.8) is 0 Å². The molecule has 0 aliphatic rings. The Morgan fingerprint density at radius 1 is 1.00 bits per heavy atom. The molecule has 0 N–H and O–H groups in total. The molecule has 0 saturated carbocycles. The van der Waals surface area contributed by atoms with E-state index in [2.05, 4.69) is 0 Å². The third-order valence-electron chi connectivity index (χ3n) is 0. The van der Waals surface area contributed by atoms with Crippen LogP contribution in [0.4, 0.5) is 0 Å². The number of rotatable bonds is 0. The molecule has 4 nitrogen and oxygen atoms in total. The van der Waals surface area contributed by atoms with E-state index in [1.807, 2.05) is 0 Å². The molecule has 0 bridgehead atoms. The Hall–Kier alpha value is -0.264. The molecule has 0 aliphatic heterocycles. The maximum absolute atomic E-state index is 8.89. The monoisotopic (exact) mass is 213 g/mol. The SMILES string of the molecule is CC(=O)[O-].CC(=O)[O-].Cl.[Co+2]. The van der Waals surface area contributed by atoms with Crippen molar-refractivity contribution in [2.75, 3.05) is 0 Å². The van der Waals surface area contributed by atoms with Crippen LogP contribution in [-0.2, 0) is 26.4 Å². The normalized spacial score (nSPS) is 5.00. The first-order valence-corrected chi connectivity index (χ1v) is 1.82. The predicted molar refractivity (Wildman–Crippen MR) is 28.6 cm³/mol. The van der Waals surface area contributed by atoms with Gasteiger partial charge in [0.15, 0.2) is 0 Å². The molecule has 1 radical (unpaired) electrons. The minimum atomic E-state index is -1.08. The fraction of sp³-hybridized carbons (Fsp3) is 0.500. The molecule has 0 aliphatic carbocycles. The summed E-state index contributed by atoms with van der Waals surface area (Å²) in [7, 11) is 0. The minimum absolute atomic E-state index is 0. The Morgan fingerprint density at radius 2 is 1.00 bits per heavy atom. The topological polar surface area (TPSA) is 80.3 Å². The van der Waals surface area contributed by atoms with E-state index in [1.165, 1.54) is 0 Å². The number of halogens is 1. The molecule has 0 rings (SSSR count). The largest absolute Gasteiger partial charge is 2.00 e. The van der Waals surface area contributed by atoms with Gasteiger partial charge in [-0.3, -0.25) is 0 Å². The first-order chi connectivity index (χ1) is 3.46. The van der Waals surface area contributed by atoms with Crippen LogP contribution >= 0.6 is 12.4 Å². The summed E-state index contributed by atoms with van der Waals surface area (Å²) in [5, 5.41) is 17.8. The molecule has 6 heteroatoms. The van der Waals surface area contributed by atoms with E-state index in [0.29, 0.717) is 0 Å². The predicted octanol–water partition coefficient (Wildman–Crippen LogP) is -2.07. The molecule has 0 aromatic heterocycles. The van der Waals surface area contributed by atoms with Gasteiger partial charge in [-0.15, -0.1) is 12.4 Å². The summed E-state index contributed by atoms with van der Waals surface area (Å²) in [6.45, 7) is 1.94. The molecular formula is C4H7ClCoO4. The van der Waals surface area contributed by atoms with Gasteiger partial charge in [-0.2, -0.15) is 0 Å². The fourth-order valence-corrected chi connectivity index (χ4v) is 0. The summed E-state index contributed by atoms with van der Waals surface area (Å²) in [5.41, 5.74) is 0. The maximum atomic E-state index is 8.89. The molecule has 10 heavy (non-hydrogen) atoms. The second kappa shape index (κ2) is 15.9. The Morgan fingerprint density at radius 3 is 1.00 bits per heavy atom. The quantitative estimate of drug-likeness (QED) is 0.463. The Kier molecular flexibility index (Phi) is 35.9. The summed E-state index contributed by atoms with van der Waals surface area (Å²) in [5.74, 6) is -2.17. The minimum Gasteiger partial charge on any atom is -0.550 e. The van der Waals surface area contributed by atoms with E-state index in [0.717, 1.165) is 13.8 Å². The van der Waals surface area contributed by atoms with Gasteiger partial charge >= 0.3 is 16.8 Å². The zero-order chi connectivity index (χ0) is 7.15. The summed E-state index contributed by atoms with van der Waals surface area (Å²) in [6, 6.07) is 0. The van der Waals surface area contributed by atoms with Gasteiger partial charge in [0.05, 0.1) is 0 Å². The van der Waals surface area contributed by atoms with Crippen LogP contribution < -0.4 is 10.2 Å². The van der Waals surface area contributed by atoms with Crippen LogP contribution in [0.1, 0.15) is 13.8 Å². The summed E-state index contributed by atoms with van der Waals surface area (Å²) in [4.78, 5) is 17.8. The number of hydrogen-bond acceptors (Lipinski definition) is 4. The zero-order valence-corrected chi connectivity index (χ0v) is 7.23. The Balaban J connectivity index is -0.0000000300. The molecule has 0 atom stereocenters. The zero-order valence-electron chi connectivity index (χ0n) is 5.37. The second-order valence-electron chi connectivity index (χ2n) is 0.983. The van der Waals surface area contributed by atoms with Crippen molar-refractivity contribution in [1.82, 2.24) is 0 Å². The number of carboxylic acid groups (broad SMARTS) is 2. The van der Waals surface area contributed by atoms with Crippen molar-refractivity contribution in [3.05, 3.63) is 0 Å². The van der Waals surface area contributed by atoms with Crippen molar-refractivity contribution < 1.29 is 36.6 Å². The van der Waals surface area contributed by atoms with Crippen LogP contribution in [0.25, 0.3) is 0 Å².